The highest BCUT2D eigenvalue weighted by molar-refractivity contribution is 9.10. The maximum Gasteiger partial charge on any atom is 0.363 e. The maximum atomic E-state index is 12.3. The number of carbonyl (C=O) groups is 1. The topological polar surface area (TPSA) is 47.9 Å². The van der Waals surface area contributed by atoms with E-state index in [1.54, 1.807) is 6.08 Å². The summed E-state index contributed by atoms with van der Waals surface area (Å²) >= 11 is 6.88. The van der Waals surface area contributed by atoms with Crippen LogP contribution in [-0.2, 0) is 16.1 Å². The number of aliphatic imine (C=N–C) groups is 1. The van der Waals surface area contributed by atoms with Crippen LogP contribution in [0.15, 0.2) is 92.4 Å². The van der Waals surface area contributed by atoms with Gasteiger partial charge in [-0.15, -0.1) is 0 Å². The summed E-state index contributed by atoms with van der Waals surface area (Å²) in [5.41, 5.74) is 2.76. The Labute approximate surface area is 185 Å². The minimum Gasteiger partial charge on any atom is -0.488 e. The van der Waals surface area contributed by atoms with Crippen LogP contribution in [-0.4, -0.2) is 11.9 Å². The molecular formula is C23H15Br2NO3. The Bertz CT molecular complexity index is 1120. The molecule has 0 unspecified atom stereocenters. The lowest BCUT2D eigenvalue weighted by Gasteiger charge is -2.09. The molecule has 1 aliphatic heterocycles. The van der Waals surface area contributed by atoms with E-state index in [4.69, 9.17) is 9.47 Å². The highest BCUT2D eigenvalue weighted by atomic mass is 79.9. The second kappa shape index (κ2) is 8.76. The Balaban J connectivity index is 1.58. The van der Waals surface area contributed by atoms with Crippen LogP contribution in [0, 0.1) is 0 Å². The van der Waals surface area contributed by atoms with Crippen LogP contribution < -0.4 is 4.74 Å². The SMILES string of the molecule is O=C1OC(c2ccccc2Br)=N/C1=C\c1ccccc1OCc1ccc(Br)cc1. The van der Waals surface area contributed by atoms with Gasteiger partial charge in [0.1, 0.15) is 12.4 Å². The van der Waals surface area contributed by atoms with E-state index < -0.39 is 5.97 Å². The van der Waals surface area contributed by atoms with Gasteiger partial charge in [0.15, 0.2) is 5.70 Å². The van der Waals surface area contributed by atoms with Gasteiger partial charge >= 0.3 is 5.97 Å². The molecule has 0 fully saturated rings. The summed E-state index contributed by atoms with van der Waals surface area (Å²) in [6.07, 6.45) is 1.68. The van der Waals surface area contributed by atoms with Gasteiger partial charge in [0.25, 0.3) is 0 Å². The number of para-hydroxylation sites is 1. The van der Waals surface area contributed by atoms with Gasteiger partial charge in [0, 0.05) is 14.5 Å². The van der Waals surface area contributed by atoms with Crippen LogP contribution in [0.25, 0.3) is 6.08 Å². The molecule has 0 atom stereocenters. The number of carbonyl (C=O) groups excluding carboxylic acids is 1. The third-order valence-electron chi connectivity index (χ3n) is 4.24. The molecule has 0 aromatic heterocycles. The van der Waals surface area contributed by atoms with Crippen molar-refractivity contribution < 1.29 is 14.3 Å². The van der Waals surface area contributed by atoms with E-state index in [0.717, 1.165) is 25.6 Å². The highest BCUT2D eigenvalue weighted by Crippen LogP contribution is 2.27. The van der Waals surface area contributed by atoms with E-state index in [1.807, 2.05) is 72.8 Å². The first-order chi connectivity index (χ1) is 14.1. The first-order valence-electron chi connectivity index (χ1n) is 8.84. The smallest absolute Gasteiger partial charge is 0.363 e. The van der Waals surface area contributed by atoms with Crippen molar-refractivity contribution in [1.29, 1.82) is 0 Å². The van der Waals surface area contributed by atoms with E-state index in [9.17, 15) is 4.79 Å². The second-order valence-electron chi connectivity index (χ2n) is 6.27. The van der Waals surface area contributed by atoms with Crippen LogP contribution in [0.5, 0.6) is 5.75 Å². The lowest BCUT2D eigenvalue weighted by Crippen LogP contribution is -2.06. The van der Waals surface area contributed by atoms with Gasteiger partial charge in [-0.25, -0.2) is 9.79 Å². The molecule has 0 saturated carbocycles. The Morgan fingerprint density at radius 1 is 0.931 bits per heavy atom. The minimum absolute atomic E-state index is 0.232. The molecule has 4 nitrogen and oxygen atoms in total. The molecule has 0 radical (unpaired) electrons. The van der Waals surface area contributed by atoms with Gasteiger partial charge in [-0.2, -0.15) is 0 Å². The maximum absolute atomic E-state index is 12.3. The average molecular weight is 513 g/mol. The number of nitrogens with zero attached hydrogens (tertiary/aromatic N) is 1. The van der Waals surface area contributed by atoms with E-state index in [-0.39, 0.29) is 11.6 Å². The summed E-state index contributed by atoms with van der Waals surface area (Å²) in [5.74, 6) is 0.459. The molecule has 0 aliphatic carbocycles. The van der Waals surface area contributed by atoms with Crippen molar-refractivity contribution in [2.45, 2.75) is 6.61 Å². The number of esters is 1. The van der Waals surface area contributed by atoms with Crippen molar-refractivity contribution >= 4 is 49.8 Å². The largest absolute Gasteiger partial charge is 0.488 e. The number of rotatable bonds is 5. The fourth-order valence-electron chi connectivity index (χ4n) is 2.78. The number of benzene rings is 3. The molecule has 1 aliphatic rings. The normalized spacial score (nSPS) is 14.6. The molecule has 0 bridgehead atoms. The van der Waals surface area contributed by atoms with Gasteiger partial charge in [-0.1, -0.05) is 58.4 Å². The highest BCUT2D eigenvalue weighted by Gasteiger charge is 2.25. The summed E-state index contributed by atoms with van der Waals surface area (Å²) in [7, 11) is 0. The van der Waals surface area contributed by atoms with E-state index >= 15 is 0 Å². The van der Waals surface area contributed by atoms with Gasteiger partial charge in [-0.3, -0.25) is 0 Å². The Kier molecular flexibility index (Phi) is 5.92. The number of hydrogen-bond acceptors (Lipinski definition) is 4. The minimum atomic E-state index is -0.488. The van der Waals surface area contributed by atoms with Crippen molar-refractivity contribution in [3.8, 4) is 5.75 Å². The molecule has 0 amide bonds. The van der Waals surface area contributed by atoms with Gasteiger partial charge in [-0.05, 0) is 57.9 Å². The molecule has 1 heterocycles. The third-order valence-corrected chi connectivity index (χ3v) is 5.46. The molecule has 29 heavy (non-hydrogen) atoms. The lowest BCUT2D eigenvalue weighted by molar-refractivity contribution is -0.129. The molecule has 144 valence electrons. The van der Waals surface area contributed by atoms with Crippen LogP contribution in [0.1, 0.15) is 16.7 Å². The molecule has 0 spiro atoms. The first-order valence-corrected chi connectivity index (χ1v) is 10.4. The van der Waals surface area contributed by atoms with Crippen molar-refractivity contribution in [3.05, 3.63) is 104 Å². The predicted octanol–water partition coefficient (Wildman–Crippen LogP) is 6.14. The van der Waals surface area contributed by atoms with Crippen molar-refractivity contribution in [2.24, 2.45) is 4.99 Å². The van der Waals surface area contributed by atoms with Crippen LogP contribution in [0.3, 0.4) is 0 Å². The summed E-state index contributed by atoms with van der Waals surface area (Å²) in [6.45, 7) is 0.420. The molecule has 4 rings (SSSR count). The fourth-order valence-corrected chi connectivity index (χ4v) is 3.50. The molecule has 0 saturated heterocycles. The summed E-state index contributed by atoms with van der Waals surface area (Å²) in [6, 6.07) is 22.9. The fraction of sp³-hybridized carbons (Fsp3) is 0.0435. The zero-order valence-electron chi connectivity index (χ0n) is 15.1. The zero-order chi connectivity index (χ0) is 20.2. The molecular weight excluding hydrogens is 498 g/mol. The monoisotopic (exact) mass is 511 g/mol. The summed E-state index contributed by atoms with van der Waals surface area (Å²) < 4.78 is 13.2. The predicted molar refractivity (Wildman–Crippen MR) is 120 cm³/mol. The molecule has 3 aromatic carbocycles. The Morgan fingerprint density at radius 3 is 2.45 bits per heavy atom. The van der Waals surface area contributed by atoms with Crippen LogP contribution in [0.2, 0.25) is 0 Å². The average Bonchev–Trinajstić information content (AvgIpc) is 3.09. The van der Waals surface area contributed by atoms with E-state index in [0.29, 0.717) is 12.4 Å². The molecule has 0 N–H and O–H groups in total. The van der Waals surface area contributed by atoms with E-state index in [1.165, 1.54) is 0 Å². The van der Waals surface area contributed by atoms with Gasteiger partial charge < -0.3 is 9.47 Å². The Morgan fingerprint density at radius 2 is 1.66 bits per heavy atom. The van der Waals surface area contributed by atoms with Crippen molar-refractivity contribution in [3.63, 3.8) is 0 Å². The van der Waals surface area contributed by atoms with Gasteiger partial charge in [0.2, 0.25) is 5.90 Å². The summed E-state index contributed by atoms with van der Waals surface area (Å²) in [4.78, 5) is 16.7. The number of halogens is 2. The second-order valence-corrected chi connectivity index (χ2v) is 8.04. The standard InChI is InChI=1S/C23H15Br2NO3/c24-17-11-9-15(10-12-17)14-28-21-8-4-1-5-16(21)13-20-23(27)29-22(26-20)18-6-2-3-7-19(18)25/h1-13H,14H2/b20-13-. The first kappa shape index (κ1) is 19.6. The summed E-state index contributed by atoms with van der Waals surface area (Å²) in [5, 5.41) is 0. The number of ether oxygens (including phenoxy) is 2. The quantitative estimate of drug-likeness (QED) is 0.305. The van der Waals surface area contributed by atoms with Crippen LogP contribution >= 0.6 is 31.9 Å². The molecule has 3 aromatic rings. The van der Waals surface area contributed by atoms with E-state index in [2.05, 4.69) is 36.9 Å². The number of hydrogen-bond donors (Lipinski definition) is 0. The van der Waals surface area contributed by atoms with Crippen molar-refractivity contribution in [1.82, 2.24) is 0 Å². The zero-order valence-corrected chi connectivity index (χ0v) is 18.3. The third kappa shape index (κ3) is 4.66. The number of cyclic esters (lactones) is 1. The Hall–Kier alpha value is -2.70. The van der Waals surface area contributed by atoms with Crippen molar-refractivity contribution in [2.75, 3.05) is 0 Å². The lowest BCUT2D eigenvalue weighted by atomic mass is 10.1. The van der Waals surface area contributed by atoms with Gasteiger partial charge in [0.05, 0.1) is 5.56 Å². The van der Waals surface area contributed by atoms with Crippen LogP contribution in [0.4, 0.5) is 0 Å². The molecule has 6 heteroatoms.